The fraction of sp³-hybridized carbons (Fsp3) is 0.462. The third-order valence-corrected chi connectivity index (χ3v) is 4.16. The summed E-state index contributed by atoms with van der Waals surface area (Å²) in [5.74, 6) is 1.75. The summed E-state index contributed by atoms with van der Waals surface area (Å²) in [6.07, 6.45) is 3.32. The molecule has 0 aliphatic carbocycles. The maximum atomic E-state index is 4.72. The molecule has 3 heterocycles. The first kappa shape index (κ1) is 11.2. The average Bonchev–Trinajstić information content (AvgIpc) is 2.84. The number of imidazole rings is 1. The van der Waals surface area contributed by atoms with Crippen LogP contribution in [-0.4, -0.2) is 34.4 Å². The van der Waals surface area contributed by atoms with Gasteiger partial charge in [-0.15, -0.1) is 0 Å². The van der Waals surface area contributed by atoms with Crippen LogP contribution in [0.1, 0.15) is 23.7 Å². The lowest BCUT2D eigenvalue weighted by Gasteiger charge is -2.09. The first-order valence-corrected chi connectivity index (χ1v) is 6.77. The smallest absolute Gasteiger partial charge is 0.132 e. The maximum Gasteiger partial charge on any atom is 0.132 e. The molecule has 0 amide bonds. The van der Waals surface area contributed by atoms with E-state index in [1.54, 1.807) is 0 Å². The molecular formula is C13H16BrN3. The number of fused-ring (bicyclic) bond motifs is 1. The van der Waals surface area contributed by atoms with Gasteiger partial charge in [-0.3, -0.25) is 0 Å². The molecule has 0 N–H and O–H groups in total. The van der Waals surface area contributed by atoms with Crippen molar-refractivity contribution in [2.45, 2.75) is 19.3 Å². The van der Waals surface area contributed by atoms with Crippen molar-refractivity contribution in [3.05, 3.63) is 34.3 Å². The molecule has 1 aliphatic rings. The van der Waals surface area contributed by atoms with Crippen LogP contribution in [0.25, 0.3) is 5.52 Å². The van der Waals surface area contributed by atoms with Gasteiger partial charge in [0.2, 0.25) is 0 Å². The predicted molar refractivity (Wildman–Crippen MR) is 72.5 cm³/mol. The Morgan fingerprint density at radius 3 is 3.00 bits per heavy atom. The summed E-state index contributed by atoms with van der Waals surface area (Å²) < 4.78 is 3.21. The van der Waals surface area contributed by atoms with E-state index in [-0.39, 0.29) is 0 Å². The fourth-order valence-corrected chi connectivity index (χ4v) is 3.40. The Hall–Kier alpha value is -0.870. The van der Waals surface area contributed by atoms with Crippen molar-refractivity contribution in [1.82, 2.24) is 14.3 Å². The number of hydrogen-bond donors (Lipinski definition) is 0. The quantitative estimate of drug-likeness (QED) is 0.806. The van der Waals surface area contributed by atoms with E-state index >= 15 is 0 Å². The van der Waals surface area contributed by atoms with E-state index in [1.165, 1.54) is 29.9 Å². The second-order valence-corrected chi connectivity index (χ2v) is 5.67. The SMILES string of the molecule is Cc1cccn2c(C3CCN(C)C3)nc(Br)c12. The van der Waals surface area contributed by atoms with Gasteiger partial charge in [-0.05, 0) is 54.5 Å². The van der Waals surface area contributed by atoms with Gasteiger partial charge >= 0.3 is 0 Å². The average molecular weight is 294 g/mol. The lowest BCUT2D eigenvalue weighted by Crippen LogP contribution is -2.14. The highest BCUT2D eigenvalue weighted by Crippen LogP contribution is 2.30. The van der Waals surface area contributed by atoms with Crippen molar-refractivity contribution in [3.63, 3.8) is 0 Å². The van der Waals surface area contributed by atoms with Crippen molar-refractivity contribution in [2.75, 3.05) is 20.1 Å². The van der Waals surface area contributed by atoms with Gasteiger partial charge in [0.15, 0.2) is 0 Å². The van der Waals surface area contributed by atoms with Crippen molar-refractivity contribution in [1.29, 1.82) is 0 Å². The van der Waals surface area contributed by atoms with Crippen LogP contribution in [0.3, 0.4) is 0 Å². The molecule has 2 aromatic rings. The van der Waals surface area contributed by atoms with Gasteiger partial charge in [-0.1, -0.05) is 6.07 Å². The van der Waals surface area contributed by atoms with Gasteiger partial charge < -0.3 is 9.30 Å². The highest BCUT2D eigenvalue weighted by molar-refractivity contribution is 9.10. The molecule has 0 aromatic carbocycles. The number of rotatable bonds is 1. The van der Waals surface area contributed by atoms with Crippen molar-refractivity contribution in [3.8, 4) is 0 Å². The first-order chi connectivity index (χ1) is 8.16. The molecule has 1 fully saturated rings. The van der Waals surface area contributed by atoms with Gasteiger partial charge in [0.1, 0.15) is 10.4 Å². The summed E-state index contributed by atoms with van der Waals surface area (Å²) >= 11 is 3.59. The molecule has 1 atom stereocenters. The van der Waals surface area contributed by atoms with E-state index < -0.39 is 0 Å². The Kier molecular flexibility index (Phi) is 2.71. The van der Waals surface area contributed by atoms with Gasteiger partial charge in [0.25, 0.3) is 0 Å². The van der Waals surface area contributed by atoms with Crippen LogP contribution in [0.4, 0.5) is 0 Å². The van der Waals surface area contributed by atoms with Gasteiger partial charge in [0.05, 0.1) is 5.52 Å². The van der Waals surface area contributed by atoms with E-state index in [9.17, 15) is 0 Å². The van der Waals surface area contributed by atoms with E-state index in [1.807, 2.05) is 0 Å². The van der Waals surface area contributed by atoms with Crippen LogP contribution in [-0.2, 0) is 0 Å². The summed E-state index contributed by atoms with van der Waals surface area (Å²) in [6.45, 7) is 4.41. The topological polar surface area (TPSA) is 20.5 Å². The molecular weight excluding hydrogens is 278 g/mol. The van der Waals surface area contributed by atoms with Crippen molar-refractivity contribution < 1.29 is 0 Å². The maximum absolute atomic E-state index is 4.72. The molecule has 0 bridgehead atoms. The van der Waals surface area contributed by atoms with Crippen LogP contribution in [0.2, 0.25) is 0 Å². The highest BCUT2D eigenvalue weighted by Gasteiger charge is 2.26. The molecule has 1 saturated heterocycles. The number of halogens is 1. The minimum Gasteiger partial charge on any atom is -0.306 e. The lowest BCUT2D eigenvalue weighted by molar-refractivity contribution is 0.409. The molecule has 1 aliphatic heterocycles. The van der Waals surface area contributed by atoms with Crippen LogP contribution in [0, 0.1) is 6.92 Å². The normalized spacial score (nSPS) is 21.5. The molecule has 3 rings (SSSR count). The van der Waals surface area contributed by atoms with Gasteiger partial charge in [-0.2, -0.15) is 0 Å². The summed E-state index contributed by atoms with van der Waals surface area (Å²) in [5.41, 5.74) is 2.47. The van der Waals surface area contributed by atoms with E-state index in [4.69, 9.17) is 4.98 Å². The number of aryl methyl sites for hydroxylation is 1. The largest absolute Gasteiger partial charge is 0.306 e. The molecule has 4 heteroatoms. The molecule has 17 heavy (non-hydrogen) atoms. The predicted octanol–water partition coefficient (Wildman–Crippen LogP) is 2.82. The van der Waals surface area contributed by atoms with Crippen LogP contribution < -0.4 is 0 Å². The van der Waals surface area contributed by atoms with Crippen molar-refractivity contribution in [2.24, 2.45) is 0 Å². The summed E-state index contributed by atoms with van der Waals surface area (Å²) in [4.78, 5) is 7.09. The molecule has 3 nitrogen and oxygen atoms in total. The second kappa shape index (κ2) is 4.10. The number of hydrogen-bond acceptors (Lipinski definition) is 2. The van der Waals surface area contributed by atoms with E-state index in [0.29, 0.717) is 5.92 Å². The van der Waals surface area contributed by atoms with Crippen LogP contribution in [0.5, 0.6) is 0 Å². The monoisotopic (exact) mass is 293 g/mol. The summed E-state index contributed by atoms with van der Waals surface area (Å²) in [7, 11) is 2.18. The number of pyridine rings is 1. The van der Waals surface area contributed by atoms with E-state index in [2.05, 4.69) is 57.5 Å². The third-order valence-electron chi connectivity index (χ3n) is 3.61. The molecule has 0 spiro atoms. The first-order valence-electron chi connectivity index (χ1n) is 5.98. The Morgan fingerprint density at radius 1 is 1.47 bits per heavy atom. The third kappa shape index (κ3) is 1.79. The zero-order chi connectivity index (χ0) is 12.0. The summed E-state index contributed by atoms with van der Waals surface area (Å²) in [6, 6.07) is 4.23. The molecule has 0 saturated carbocycles. The number of likely N-dealkylation sites (tertiary alicyclic amines) is 1. The molecule has 1 unspecified atom stereocenters. The van der Waals surface area contributed by atoms with Crippen LogP contribution >= 0.6 is 15.9 Å². The minimum atomic E-state index is 0.556. The number of aromatic nitrogens is 2. The summed E-state index contributed by atoms with van der Waals surface area (Å²) in [5, 5.41) is 0. The van der Waals surface area contributed by atoms with Crippen LogP contribution in [0.15, 0.2) is 22.9 Å². The van der Waals surface area contributed by atoms with Crippen molar-refractivity contribution >= 4 is 21.4 Å². The minimum absolute atomic E-state index is 0.556. The lowest BCUT2D eigenvalue weighted by atomic mass is 10.1. The molecule has 90 valence electrons. The Labute approximate surface area is 110 Å². The second-order valence-electron chi connectivity index (χ2n) is 4.92. The van der Waals surface area contributed by atoms with Gasteiger partial charge in [-0.25, -0.2) is 4.98 Å². The van der Waals surface area contributed by atoms with Gasteiger partial charge in [0, 0.05) is 18.7 Å². The van der Waals surface area contributed by atoms with E-state index in [0.717, 1.165) is 11.1 Å². The standard InChI is InChI=1S/C13H16BrN3/c1-9-4-3-6-17-11(9)12(14)15-13(17)10-5-7-16(2)8-10/h3-4,6,10H,5,7-8H2,1-2H3. The zero-order valence-corrected chi connectivity index (χ0v) is 11.7. The Morgan fingerprint density at radius 2 is 2.29 bits per heavy atom. The Bertz CT molecular complexity index is 561. The number of nitrogens with zero attached hydrogens (tertiary/aromatic N) is 3. The Balaban J connectivity index is 2.14. The zero-order valence-electron chi connectivity index (χ0n) is 10.2. The number of likely N-dealkylation sites (N-methyl/N-ethyl adjacent to an activating group) is 1. The molecule has 0 radical (unpaired) electrons. The fourth-order valence-electron chi connectivity index (χ4n) is 2.71. The molecule has 2 aromatic heterocycles. The highest BCUT2D eigenvalue weighted by atomic mass is 79.9.